The lowest BCUT2D eigenvalue weighted by Crippen LogP contribution is -2.46. The SMILES string of the molecule is COc1ccc(CC2(C(C)C)CCCN2)cc1OC(F)F. The third-order valence-corrected chi connectivity index (χ3v) is 4.35. The summed E-state index contributed by atoms with van der Waals surface area (Å²) in [5.74, 6) is 0.903. The van der Waals surface area contributed by atoms with Crippen LogP contribution in [0, 0.1) is 5.92 Å². The lowest BCUT2D eigenvalue weighted by molar-refractivity contribution is -0.0512. The van der Waals surface area contributed by atoms with Gasteiger partial charge in [-0.2, -0.15) is 8.78 Å². The van der Waals surface area contributed by atoms with Gasteiger partial charge in [0.25, 0.3) is 0 Å². The summed E-state index contributed by atoms with van der Waals surface area (Å²) < 4.78 is 34.6. The maximum absolute atomic E-state index is 12.5. The maximum Gasteiger partial charge on any atom is 0.387 e. The van der Waals surface area contributed by atoms with Crippen molar-refractivity contribution in [3.05, 3.63) is 23.8 Å². The van der Waals surface area contributed by atoms with Crippen LogP contribution >= 0.6 is 0 Å². The van der Waals surface area contributed by atoms with Gasteiger partial charge in [-0.3, -0.25) is 0 Å². The van der Waals surface area contributed by atoms with E-state index in [2.05, 4.69) is 23.9 Å². The summed E-state index contributed by atoms with van der Waals surface area (Å²) in [4.78, 5) is 0. The normalized spacial score (nSPS) is 22.0. The van der Waals surface area contributed by atoms with Crippen LogP contribution in [0.2, 0.25) is 0 Å². The largest absolute Gasteiger partial charge is 0.493 e. The van der Waals surface area contributed by atoms with Crippen molar-refractivity contribution in [1.29, 1.82) is 0 Å². The summed E-state index contributed by atoms with van der Waals surface area (Å²) in [6, 6.07) is 5.27. The highest BCUT2D eigenvalue weighted by Gasteiger charge is 2.36. The van der Waals surface area contributed by atoms with E-state index in [1.54, 1.807) is 12.1 Å². The van der Waals surface area contributed by atoms with E-state index in [1.165, 1.54) is 7.11 Å². The molecule has 21 heavy (non-hydrogen) atoms. The maximum atomic E-state index is 12.5. The van der Waals surface area contributed by atoms with Gasteiger partial charge in [0, 0.05) is 5.54 Å². The fourth-order valence-corrected chi connectivity index (χ4v) is 3.06. The molecular weight excluding hydrogens is 276 g/mol. The molecule has 0 amide bonds. The van der Waals surface area contributed by atoms with Crippen molar-refractivity contribution in [2.45, 2.75) is 45.3 Å². The Labute approximate surface area is 124 Å². The van der Waals surface area contributed by atoms with E-state index in [0.29, 0.717) is 11.7 Å². The standard InChI is InChI=1S/C16H23F2NO2/c1-11(2)16(7-4-8-19-16)10-12-5-6-13(20-3)14(9-12)21-15(17)18/h5-6,9,11,15,19H,4,7-8,10H2,1-3H3. The zero-order valence-corrected chi connectivity index (χ0v) is 12.8. The van der Waals surface area contributed by atoms with Crippen molar-refractivity contribution in [3.8, 4) is 11.5 Å². The minimum atomic E-state index is -2.85. The summed E-state index contributed by atoms with van der Waals surface area (Å²) in [5.41, 5.74) is 1.02. The van der Waals surface area contributed by atoms with E-state index >= 15 is 0 Å². The van der Waals surface area contributed by atoms with Gasteiger partial charge in [0.15, 0.2) is 11.5 Å². The number of alkyl halides is 2. The van der Waals surface area contributed by atoms with Gasteiger partial charge in [-0.15, -0.1) is 0 Å². The molecule has 0 aromatic heterocycles. The topological polar surface area (TPSA) is 30.5 Å². The van der Waals surface area contributed by atoms with Gasteiger partial charge in [-0.05, 0) is 49.4 Å². The van der Waals surface area contributed by atoms with Crippen molar-refractivity contribution >= 4 is 0 Å². The van der Waals surface area contributed by atoms with Crippen LogP contribution in [-0.2, 0) is 6.42 Å². The third-order valence-electron chi connectivity index (χ3n) is 4.35. The molecule has 118 valence electrons. The van der Waals surface area contributed by atoms with Crippen LogP contribution in [0.5, 0.6) is 11.5 Å². The minimum Gasteiger partial charge on any atom is -0.493 e. The van der Waals surface area contributed by atoms with Gasteiger partial charge in [0.1, 0.15) is 0 Å². The predicted molar refractivity (Wildman–Crippen MR) is 78.1 cm³/mol. The first-order valence-corrected chi connectivity index (χ1v) is 7.33. The molecule has 0 aliphatic carbocycles. The van der Waals surface area contributed by atoms with Gasteiger partial charge in [0.2, 0.25) is 0 Å². The highest BCUT2D eigenvalue weighted by molar-refractivity contribution is 5.43. The Kier molecular flexibility index (Phi) is 5.04. The summed E-state index contributed by atoms with van der Waals surface area (Å²) in [7, 11) is 1.45. The molecule has 0 bridgehead atoms. The lowest BCUT2D eigenvalue weighted by Gasteiger charge is -2.34. The third kappa shape index (κ3) is 3.64. The van der Waals surface area contributed by atoms with E-state index in [-0.39, 0.29) is 11.3 Å². The molecule has 0 saturated carbocycles. The van der Waals surface area contributed by atoms with Crippen LogP contribution in [0.25, 0.3) is 0 Å². The predicted octanol–water partition coefficient (Wildman–Crippen LogP) is 3.62. The molecule has 1 unspecified atom stereocenters. The minimum absolute atomic E-state index is 0.0384. The van der Waals surface area contributed by atoms with Gasteiger partial charge in [0.05, 0.1) is 7.11 Å². The molecule has 1 aliphatic heterocycles. The molecule has 1 heterocycles. The number of rotatable bonds is 6. The highest BCUT2D eigenvalue weighted by atomic mass is 19.3. The van der Waals surface area contributed by atoms with Crippen molar-refractivity contribution in [2.24, 2.45) is 5.92 Å². The number of hydrogen-bond acceptors (Lipinski definition) is 3. The van der Waals surface area contributed by atoms with Crippen molar-refractivity contribution < 1.29 is 18.3 Å². The van der Waals surface area contributed by atoms with E-state index in [4.69, 9.17) is 4.74 Å². The fourth-order valence-electron chi connectivity index (χ4n) is 3.06. The van der Waals surface area contributed by atoms with E-state index in [0.717, 1.165) is 31.4 Å². The molecule has 3 nitrogen and oxygen atoms in total. The average molecular weight is 299 g/mol. The Bertz CT molecular complexity index is 471. The van der Waals surface area contributed by atoms with Crippen LogP contribution in [0.3, 0.4) is 0 Å². The van der Waals surface area contributed by atoms with E-state index in [1.807, 2.05) is 6.07 Å². The summed E-state index contributed by atoms with van der Waals surface area (Å²) in [5, 5.41) is 3.59. The van der Waals surface area contributed by atoms with Crippen LogP contribution in [0.4, 0.5) is 8.78 Å². The van der Waals surface area contributed by atoms with Gasteiger partial charge in [-0.1, -0.05) is 19.9 Å². The quantitative estimate of drug-likeness (QED) is 0.870. The molecule has 1 atom stereocenters. The van der Waals surface area contributed by atoms with Crippen LogP contribution in [-0.4, -0.2) is 25.8 Å². The molecule has 1 fully saturated rings. The first kappa shape index (κ1) is 16.0. The van der Waals surface area contributed by atoms with Gasteiger partial charge < -0.3 is 14.8 Å². The van der Waals surface area contributed by atoms with E-state index in [9.17, 15) is 8.78 Å². The lowest BCUT2D eigenvalue weighted by atomic mass is 9.80. The number of methoxy groups -OCH3 is 1. The molecule has 1 saturated heterocycles. The smallest absolute Gasteiger partial charge is 0.387 e. The number of nitrogens with one attached hydrogen (secondary N) is 1. The van der Waals surface area contributed by atoms with E-state index < -0.39 is 6.61 Å². The Morgan fingerprint density at radius 1 is 1.29 bits per heavy atom. The van der Waals surface area contributed by atoms with Crippen molar-refractivity contribution in [3.63, 3.8) is 0 Å². The van der Waals surface area contributed by atoms with Gasteiger partial charge >= 0.3 is 6.61 Å². The van der Waals surface area contributed by atoms with Gasteiger partial charge in [-0.25, -0.2) is 0 Å². The highest BCUT2D eigenvalue weighted by Crippen LogP contribution is 2.35. The molecular formula is C16H23F2NO2. The Morgan fingerprint density at radius 2 is 2.05 bits per heavy atom. The Morgan fingerprint density at radius 3 is 2.57 bits per heavy atom. The first-order chi connectivity index (χ1) is 9.97. The van der Waals surface area contributed by atoms with Crippen LogP contribution in [0.15, 0.2) is 18.2 Å². The summed E-state index contributed by atoms with van der Waals surface area (Å²) >= 11 is 0. The number of ether oxygens (including phenoxy) is 2. The zero-order chi connectivity index (χ0) is 15.5. The molecule has 1 aromatic carbocycles. The molecule has 0 radical (unpaired) electrons. The molecule has 1 N–H and O–H groups in total. The van der Waals surface area contributed by atoms with Crippen LogP contribution < -0.4 is 14.8 Å². The molecule has 0 spiro atoms. The second kappa shape index (κ2) is 6.60. The monoisotopic (exact) mass is 299 g/mol. The number of hydrogen-bond donors (Lipinski definition) is 1. The van der Waals surface area contributed by atoms with Crippen LogP contribution in [0.1, 0.15) is 32.3 Å². The van der Waals surface area contributed by atoms with Crippen molar-refractivity contribution in [1.82, 2.24) is 5.32 Å². The molecule has 2 rings (SSSR count). The Hall–Kier alpha value is -1.36. The average Bonchev–Trinajstić information content (AvgIpc) is 2.88. The van der Waals surface area contributed by atoms with Crippen molar-refractivity contribution in [2.75, 3.05) is 13.7 Å². The molecule has 1 aliphatic rings. The second-order valence-corrected chi connectivity index (χ2v) is 5.88. The fraction of sp³-hybridized carbons (Fsp3) is 0.625. The molecule has 5 heteroatoms. The first-order valence-electron chi connectivity index (χ1n) is 7.33. The zero-order valence-electron chi connectivity index (χ0n) is 12.8. The Balaban J connectivity index is 2.23. The number of benzene rings is 1. The second-order valence-electron chi connectivity index (χ2n) is 5.88. The summed E-state index contributed by atoms with van der Waals surface area (Å²) in [6.07, 6.45) is 3.05. The molecule has 1 aromatic rings. The number of halogens is 2. The summed E-state index contributed by atoms with van der Waals surface area (Å²) in [6.45, 7) is 2.55.